The number of likely N-dealkylation sites (tertiary alicyclic amines) is 1. The molecule has 6 heteroatoms. The number of carbonyl (C=O) groups is 1. The molecule has 0 radical (unpaired) electrons. The van der Waals surface area contributed by atoms with Crippen molar-refractivity contribution in [2.75, 3.05) is 26.2 Å². The molecule has 1 fully saturated rings. The van der Waals surface area contributed by atoms with Crippen molar-refractivity contribution in [2.24, 2.45) is 5.92 Å². The average Bonchev–Trinajstić information content (AvgIpc) is 3.15. The molecule has 2 aromatic rings. The number of amides is 2. The molecule has 1 aliphatic heterocycles. The van der Waals surface area contributed by atoms with E-state index in [0.717, 1.165) is 26.1 Å². The molecule has 1 atom stereocenters. The van der Waals surface area contributed by atoms with Crippen molar-refractivity contribution in [3.8, 4) is 0 Å². The first-order chi connectivity index (χ1) is 12.7. The molecule has 0 spiro atoms. The smallest absolute Gasteiger partial charge is 0.314 e. The number of nitrogens with zero attached hydrogens (tertiary/aromatic N) is 1. The quantitative estimate of drug-likeness (QED) is 0.776. The summed E-state index contributed by atoms with van der Waals surface area (Å²) in [4.78, 5) is 15.8. The lowest BCUT2D eigenvalue weighted by Gasteiger charge is -2.32. The van der Waals surface area contributed by atoms with Crippen molar-refractivity contribution in [3.05, 3.63) is 58.0 Å². The molecule has 140 valence electrons. The summed E-state index contributed by atoms with van der Waals surface area (Å²) in [5.41, 5.74) is 0.629. The highest BCUT2D eigenvalue weighted by atomic mass is 32.1. The second-order valence-electron chi connectivity index (χ2n) is 6.80. The van der Waals surface area contributed by atoms with Gasteiger partial charge in [0.05, 0.1) is 0 Å². The highest BCUT2D eigenvalue weighted by Gasteiger charge is 2.20. The lowest BCUT2D eigenvalue weighted by atomic mass is 9.98. The zero-order chi connectivity index (χ0) is 18.2. The summed E-state index contributed by atoms with van der Waals surface area (Å²) in [5.74, 6) is 0.267. The zero-order valence-electron chi connectivity index (χ0n) is 14.9. The molecule has 4 nitrogen and oxygen atoms in total. The Morgan fingerprint density at radius 1 is 1.23 bits per heavy atom. The van der Waals surface area contributed by atoms with Crippen LogP contribution in [-0.2, 0) is 13.0 Å². The number of carbonyl (C=O) groups excluding carboxylic acids is 1. The summed E-state index contributed by atoms with van der Waals surface area (Å²) in [6.45, 7) is 4.27. The molecule has 2 N–H and O–H groups in total. The van der Waals surface area contributed by atoms with Gasteiger partial charge in [-0.25, -0.2) is 9.18 Å². The number of piperidine rings is 1. The third-order valence-corrected chi connectivity index (χ3v) is 5.61. The van der Waals surface area contributed by atoms with Gasteiger partial charge in [-0.3, -0.25) is 4.90 Å². The average molecular weight is 376 g/mol. The van der Waals surface area contributed by atoms with E-state index < -0.39 is 0 Å². The Morgan fingerprint density at radius 2 is 2.12 bits per heavy atom. The molecule has 1 aliphatic rings. The van der Waals surface area contributed by atoms with Crippen LogP contribution in [0.15, 0.2) is 41.8 Å². The fourth-order valence-corrected chi connectivity index (χ4v) is 4.14. The standard InChI is InChI=1S/C20H26FN3OS/c21-19-8-2-1-6-17(19)9-10-22-20(25)23-13-16-5-3-11-24(14-16)15-18-7-4-12-26-18/h1-2,4,6-8,12,16H,3,5,9-11,13-15H2,(H2,22,23,25)/t16-/m1/s1. The summed E-state index contributed by atoms with van der Waals surface area (Å²) in [5, 5.41) is 7.90. The Labute approximate surface area is 158 Å². The van der Waals surface area contributed by atoms with Crippen molar-refractivity contribution in [2.45, 2.75) is 25.8 Å². The van der Waals surface area contributed by atoms with Crippen LogP contribution < -0.4 is 10.6 Å². The summed E-state index contributed by atoms with van der Waals surface area (Å²) in [6.07, 6.45) is 2.82. The van der Waals surface area contributed by atoms with E-state index in [4.69, 9.17) is 0 Å². The predicted molar refractivity (Wildman–Crippen MR) is 104 cm³/mol. The summed E-state index contributed by atoms with van der Waals surface area (Å²) < 4.78 is 13.5. The van der Waals surface area contributed by atoms with Gasteiger partial charge < -0.3 is 10.6 Å². The summed E-state index contributed by atoms with van der Waals surface area (Å²) in [6, 6.07) is 10.8. The normalized spacial score (nSPS) is 17.8. The van der Waals surface area contributed by atoms with Gasteiger partial charge in [-0.2, -0.15) is 0 Å². The minimum Gasteiger partial charge on any atom is -0.338 e. The number of urea groups is 1. The number of nitrogens with one attached hydrogen (secondary N) is 2. The third-order valence-electron chi connectivity index (χ3n) is 4.75. The third kappa shape index (κ3) is 5.81. The number of benzene rings is 1. The number of hydrogen-bond acceptors (Lipinski definition) is 3. The van der Waals surface area contributed by atoms with Gasteiger partial charge in [0.2, 0.25) is 0 Å². The fourth-order valence-electron chi connectivity index (χ4n) is 3.40. The van der Waals surface area contributed by atoms with Gasteiger partial charge in [-0.15, -0.1) is 11.3 Å². The largest absolute Gasteiger partial charge is 0.338 e. The van der Waals surface area contributed by atoms with E-state index >= 15 is 0 Å². The molecule has 2 heterocycles. The SMILES string of the molecule is O=C(NCCc1ccccc1F)NC[C@H]1CCCN(Cc2cccs2)C1. The molecular weight excluding hydrogens is 349 g/mol. The fraction of sp³-hybridized carbons (Fsp3) is 0.450. The van der Waals surface area contributed by atoms with Crippen LogP contribution in [0.3, 0.4) is 0 Å². The maximum Gasteiger partial charge on any atom is 0.314 e. The molecule has 26 heavy (non-hydrogen) atoms. The minimum absolute atomic E-state index is 0.170. The van der Waals surface area contributed by atoms with E-state index in [0.29, 0.717) is 31.0 Å². The van der Waals surface area contributed by atoms with Crippen molar-refractivity contribution in [1.29, 1.82) is 0 Å². The number of rotatable bonds is 7. The molecule has 0 unspecified atom stereocenters. The summed E-state index contributed by atoms with van der Waals surface area (Å²) in [7, 11) is 0. The number of thiophene rings is 1. The molecule has 1 aromatic carbocycles. The van der Waals surface area contributed by atoms with Crippen LogP contribution in [0, 0.1) is 11.7 Å². The lowest BCUT2D eigenvalue weighted by molar-refractivity contribution is 0.166. The van der Waals surface area contributed by atoms with Gasteiger partial charge in [-0.1, -0.05) is 24.3 Å². The highest BCUT2D eigenvalue weighted by Crippen LogP contribution is 2.19. The highest BCUT2D eigenvalue weighted by molar-refractivity contribution is 7.09. The molecule has 0 bridgehead atoms. The molecular formula is C20H26FN3OS. The van der Waals surface area contributed by atoms with Crippen molar-refractivity contribution in [1.82, 2.24) is 15.5 Å². The summed E-state index contributed by atoms with van der Waals surface area (Å²) >= 11 is 1.80. The molecule has 1 saturated heterocycles. The van der Waals surface area contributed by atoms with Crippen molar-refractivity contribution in [3.63, 3.8) is 0 Å². The van der Waals surface area contributed by atoms with Crippen LogP contribution in [0.4, 0.5) is 9.18 Å². The molecule has 2 amide bonds. The minimum atomic E-state index is -0.220. The van der Waals surface area contributed by atoms with Crippen LogP contribution in [-0.4, -0.2) is 37.1 Å². The molecule has 1 aromatic heterocycles. The number of halogens is 1. The Balaban J connectivity index is 1.34. The second kappa shape index (κ2) is 9.69. The van der Waals surface area contributed by atoms with E-state index in [2.05, 4.69) is 33.0 Å². The Bertz CT molecular complexity index is 692. The first-order valence-corrected chi connectivity index (χ1v) is 10.1. The molecule has 3 rings (SSSR count). The zero-order valence-corrected chi connectivity index (χ0v) is 15.7. The van der Waals surface area contributed by atoms with Gasteiger partial charge in [0, 0.05) is 31.1 Å². The van der Waals surface area contributed by atoms with E-state index in [1.165, 1.54) is 17.4 Å². The Hall–Kier alpha value is -1.92. The van der Waals surface area contributed by atoms with Gasteiger partial charge in [0.15, 0.2) is 0 Å². The van der Waals surface area contributed by atoms with Gasteiger partial charge in [-0.05, 0) is 54.8 Å². The van der Waals surface area contributed by atoms with Crippen molar-refractivity contribution >= 4 is 17.4 Å². The topological polar surface area (TPSA) is 44.4 Å². The van der Waals surface area contributed by atoms with E-state index in [-0.39, 0.29) is 11.8 Å². The van der Waals surface area contributed by atoms with Crippen molar-refractivity contribution < 1.29 is 9.18 Å². The van der Waals surface area contributed by atoms with Crippen LogP contribution in [0.2, 0.25) is 0 Å². The Morgan fingerprint density at radius 3 is 2.92 bits per heavy atom. The maximum atomic E-state index is 13.5. The second-order valence-corrected chi connectivity index (χ2v) is 7.83. The number of hydrogen-bond donors (Lipinski definition) is 2. The monoisotopic (exact) mass is 375 g/mol. The maximum absolute atomic E-state index is 13.5. The van der Waals surface area contributed by atoms with E-state index in [1.807, 2.05) is 6.07 Å². The van der Waals surface area contributed by atoms with Gasteiger partial charge in [0.1, 0.15) is 5.82 Å². The van der Waals surface area contributed by atoms with Gasteiger partial charge >= 0.3 is 6.03 Å². The van der Waals surface area contributed by atoms with E-state index in [9.17, 15) is 9.18 Å². The Kier molecular flexibility index (Phi) is 7.03. The van der Waals surface area contributed by atoms with Crippen LogP contribution in [0.1, 0.15) is 23.3 Å². The van der Waals surface area contributed by atoms with Crippen LogP contribution in [0.25, 0.3) is 0 Å². The van der Waals surface area contributed by atoms with Crippen LogP contribution in [0.5, 0.6) is 0 Å². The van der Waals surface area contributed by atoms with Gasteiger partial charge in [0.25, 0.3) is 0 Å². The van der Waals surface area contributed by atoms with Crippen LogP contribution >= 0.6 is 11.3 Å². The molecule has 0 aliphatic carbocycles. The van der Waals surface area contributed by atoms with E-state index in [1.54, 1.807) is 23.5 Å². The lowest BCUT2D eigenvalue weighted by Crippen LogP contribution is -2.43. The first-order valence-electron chi connectivity index (χ1n) is 9.20. The predicted octanol–water partition coefficient (Wildman–Crippen LogP) is 3.64. The first kappa shape index (κ1) is 18.9. The molecule has 0 saturated carbocycles.